The summed E-state index contributed by atoms with van der Waals surface area (Å²) >= 11 is 3.00. The lowest BCUT2D eigenvalue weighted by Gasteiger charge is -2.10. The van der Waals surface area contributed by atoms with Gasteiger partial charge < -0.3 is 9.47 Å². The Bertz CT molecular complexity index is 656. The van der Waals surface area contributed by atoms with Crippen molar-refractivity contribution in [3.8, 4) is 0 Å². The van der Waals surface area contributed by atoms with Crippen LogP contribution in [0.5, 0.6) is 0 Å². The van der Waals surface area contributed by atoms with Crippen LogP contribution in [0.3, 0.4) is 0 Å². The Labute approximate surface area is 129 Å². The van der Waals surface area contributed by atoms with Crippen molar-refractivity contribution in [1.29, 1.82) is 0 Å². The lowest BCUT2D eigenvalue weighted by atomic mass is 10.2. The van der Waals surface area contributed by atoms with E-state index in [0.717, 1.165) is 9.75 Å². The van der Waals surface area contributed by atoms with E-state index in [-0.39, 0.29) is 0 Å². The standard InChI is InChI=1S/C15H12O4S2/c16-14(19-12-5-6-18-15(12)17)11(13-4-2-8-21-13)9-10-3-1-7-20-10/h1-4,7-9,12H,5-6H2/b11-9+/t12-/m1/s1. The normalized spacial score (nSPS) is 18.6. The topological polar surface area (TPSA) is 52.6 Å². The van der Waals surface area contributed by atoms with Crippen molar-refractivity contribution in [2.75, 3.05) is 6.61 Å². The van der Waals surface area contributed by atoms with Crippen LogP contribution in [-0.2, 0) is 19.1 Å². The zero-order valence-corrected chi connectivity index (χ0v) is 12.6. The van der Waals surface area contributed by atoms with Crippen LogP contribution in [0.4, 0.5) is 0 Å². The summed E-state index contributed by atoms with van der Waals surface area (Å²) in [4.78, 5) is 25.6. The van der Waals surface area contributed by atoms with Crippen LogP contribution in [0.15, 0.2) is 35.0 Å². The van der Waals surface area contributed by atoms with Gasteiger partial charge in [0.2, 0.25) is 6.10 Å². The van der Waals surface area contributed by atoms with E-state index in [9.17, 15) is 9.59 Å². The van der Waals surface area contributed by atoms with Gasteiger partial charge in [-0.3, -0.25) is 0 Å². The molecule has 2 aromatic heterocycles. The van der Waals surface area contributed by atoms with Crippen LogP contribution in [0.1, 0.15) is 16.2 Å². The molecule has 21 heavy (non-hydrogen) atoms. The molecular weight excluding hydrogens is 308 g/mol. The number of hydrogen-bond acceptors (Lipinski definition) is 6. The summed E-state index contributed by atoms with van der Waals surface area (Å²) in [5, 5.41) is 3.84. The first kappa shape index (κ1) is 14.0. The third-order valence-electron chi connectivity index (χ3n) is 2.97. The molecule has 1 saturated heterocycles. The molecule has 0 unspecified atom stereocenters. The van der Waals surface area contributed by atoms with Crippen LogP contribution >= 0.6 is 22.7 Å². The number of thiophene rings is 2. The molecule has 0 radical (unpaired) electrons. The number of cyclic esters (lactones) is 1. The molecular formula is C15H12O4S2. The molecule has 1 fully saturated rings. The lowest BCUT2D eigenvalue weighted by Crippen LogP contribution is -2.23. The summed E-state index contributed by atoms with van der Waals surface area (Å²) in [7, 11) is 0. The Morgan fingerprint density at radius 2 is 2.10 bits per heavy atom. The van der Waals surface area contributed by atoms with Crippen LogP contribution < -0.4 is 0 Å². The number of rotatable bonds is 4. The van der Waals surface area contributed by atoms with E-state index >= 15 is 0 Å². The molecule has 4 nitrogen and oxygen atoms in total. The minimum absolute atomic E-state index is 0.305. The van der Waals surface area contributed by atoms with Gasteiger partial charge in [-0.05, 0) is 29.0 Å². The summed E-state index contributed by atoms with van der Waals surface area (Å²) in [5.74, 6) is -0.959. The van der Waals surface area contributed by atoms with E-state index in [1.54, 1.807) is 6.08 Å². The number of esters is 2. The summed E-state index contributed by atoms with van der Waals surface area (Å²) in [6, 6.07) is 7.58. The van der Waals surface area contributed by atoms with Gasteiger partial charge in [-0.15, -0.1) is 22.7 Å². The molecule has 108 valence electrons. The summed E-state index contributed by atoms with van der Waals surface area (Å²) in [5.41, 5.74) is 0.465. The number of carbonyl (C=O) groups is 2. The molecule has 0 N–H and O–H groups in total. The van der Waals surface area contributed by atoms with Crippen molar-refractivity contribution >= 4 is 46.3 Å². The van der Waals surface area contributed by atoms with Crippen molar-refractivity contribution in [1.82, 2.24) is 0 Å². The fourth-order valence-electron chi connectivity index (χ4n) is 1.96. The molecule has 1 aliphatic rings. The smallest absolute Gasteiger partial charge is 0.347 e. The van der Waals surface area contributed by atoms with Gasteiger partial charge in [-0.2, -0.15) is 0 Å². The fourth-order valence-corrected chi connectivity index (χ4v) is 3.34. The van der Waals surface area contributed by atoms with Gasteiger partial charge in [0.25, 0.3) is 0 Å². The van der Waals surface area contributed by atoms with Gasteiger partial charge in [0.05, 0.1) is 12.2 Å². The average Bonchev–Trinajstić information content (AvgIpc) is 3.19. The second-order valence-corrected chi connectivity index (χ2v) is 6.33. The minimum Gasteiger partial charge on any atom is -0.463 e. The van der Waals surface area contributed by atoms with E-state index in [1.807, 2.05) is 35.0 Å². The quantitative estimate of drug-likeness (QED) is 0.641. The molecule has 1 aliphatic heterocycles. The molecule has 2 aromatic rings. The molecule has 3 heterocycles. The molecule has 0 saturated carbocycles. The number of carbonyl (C=O) groups excluding carboxylic acids is 2. The Hall–Kier alpha value is -1.92. The van der Waals surface area contributed by atoms with Gasteiger partial charge in [-0.1, -0.05) is 12.1 Å². The van der Waals surface area contributed by atoms with Crippen molar-refractivity contribution in [2.45, 2.75) is 12.5 Å². The predicted octanol–water partition coefficient (Wildman–Crippen LogP) is 3.21. The van der Waals surface area contributed by atoms with Gasteiger partial charge >= 0.3 is 11.9 Å². The largest absolute Gasteiger partial charge is 0.463 e. The van der Waals surface area contributed by atoms with Crippen LogP contribution in [-0.4, -0.2) is 24.6 Å². The molecule has 0 spiro atoms. The van der Waals surface area contributed by atoms with Gasteiger partial charge in [-0.25, -0.2) is 9.59 Å². The number of ether oxygens (including phenoxy) is 2. The zero-order valence-electron chi connectivity index (χ0n) is 11.0. The van der Waals surface area contributed by atoms with Gasteiger partial charge in [0.15, 0.2) is 0 Å². The van der Waals surface area contributed by atoms with Crippen LogP contribution in [0.25, 0.3) is 11.6 Å². The van der Waals surface area contributed by atoms with E-state index in [2.05, 4.69) is 0 Å². The predicted molar refractivity (Wildman–Crippen MR) is 82.0 cm³/mol. The minimum atomic E-state index is -0.788. The Morgan fingerprint density at radius 3 is 2.71 bits per heavy atom. The Kier molecular flexibility index (Phi) is 4.17. The summed E-state index contributed by atoms with van der Waals surface area (Å²) in [6.07, 6.45) is 1.42. The first-order chi connectivity index (χ1) is 10.2. The molecule has 6 heteroatoms. The molecule has 1 atom stereocenters. The summed E-state index contributed by atoms with van der Waals surface area (Å²) < 4.78 is 10.1. The molecule has 0 amide bonds. The van der Waals surface area contributed by atoms with Crippen LogP contribution in [0, 0.1) is 0 Å². The van der Waals surface area contributed by atoms with Crippen molar-refractivity contribution < 1.29 is 19.1 Å². The van der Waals surface area contributed by atoms with E-state index in [1.165, 1.54) is 22.7 Å². The summed E-state index contributed by atoms with van der Waals surface area (Å²) in [6.45, 7) is 0.305. The van der Waals surface area contributed by atoms with Crippen molar-refractivity contribution in [3.05, 3.63) is 44.8 Å². The fraction of sp³-hybridized carbons (Fsp3) is 0.200. The zero-order chi connectivity index (χ0) is 14.7. The molecule has 0 aliphatic carbocycles. The Morgan fingerprint density at radius 1 is 1.29 bits per heavy atom. The highest BCUT2D eigenvalue weighted by molar-refractivity contribution is 7.12. The first-order valence-electron chi connectivity index (χ1n) is 6.41. The lowest BCUT2D eigenvalue weighted by molar-refractivity contribution is -0.156. The number of hydrogen-bond donors (Lipinski definition) is 0. The third-order valence-corrected chi connectivity index (χ3v) is 4.70. The monoisotopic (exact) mass is 320 g/mol. The molecule has 0 aromatic carbocycles. The average molecular weight is 320 g/mol. The highest BCUT2D eigenvalue weighted by atomic mass is 32.1. The second-order valence-electron chi connectivity index (χ2n) is 4.40. The third kappa shape index (κ3) is 3.22. The highest BCUT2D eigenvalue weighted by Gasteiger charge is 2.31. The maximum atomic E-state index is 12.4. The van der Waals surface area contributed by atoms with Crippen LogP contribution in [0.2, 0.25) is 0 Å². The van der Waals surface area contributed by atoms with E-state index in [0.29, 0.717) is 18.6 Å². The molecule has 0 bridgehead atoms. The molecule has 3 rings (SSSR count). The maximum Gasteiger partial charge on any atom is 0.347 e. The van der Waals surface area contributed by atoms with Gasteiger partial charge in [0.1, 0.15) is 0 Å². The first-order valence-corrected chi connectivity index (χ1v) is 8.16. The highest BCUT2D eigenvalue weighted by Crippen LogP contribution is 2.27. The Balaban J connectivity index is 1.85. The van der Waals surface area contributed by atoms with Gasteiger partial charge in [0, 0.05) is 16.2 Å². The maximum absolute atomic E-state index is 12.4. The van der Waals surface area contributed by atoms with Crippen molar-refractivity contribution in [2.24, 2.45) is 0 Å². The van der Waals surface area contributed by atoms with E-state index < -0.39 is 18.0 Å². The van der Waals surface area contributed by atoms with Crippen molar-refractivity contribution in [3.63, 3.8) is 0 Å². The van der Waals surface area contributed by atoms with E-state index in [4.69, 9.17) is 9.47 Å². The second kappa shape index (κ2) is 6.24. The SMILES string of the molecule is O=C(O[C@@H]1CCOC1=O)/C(=C/c1cccs1)c1cccs1.